The molecule has 2 N–H and O–H groups in total. The second kappa shape index (κ2) is 7.26. The highest BCUT2D eigenvalue weighted by Crippen LogP contribution is 2.33. The average Bonchev–Trinajstić information content (AvgIpc) is 3.40. The van der Waals surface area contributed by atoms with Crippen LogP contribution in [0.25, 0.3) is 11.4 Å². The minimum Gasteiger partial charge on any atom is -0.438 e. The molecule has 28 heavy (non-hydrogen) atoms. The van der Waals surface area contributed by atoms with Crippen molar-refractivity contribution in [1.29, 1.82) is 0 Å². The lowest BCUT2D eigenvalue weighted by Gasteiger charge is -2.21. The van der Waals surface area contributed by atoms with Crippen LogP contribution in [0.4, 0.5) is 0 Å². The Labute approximate surface area is 161 Å². The molecule has 3 aromatic rings. The van der Waals surface area contributed by atoms with Gasteiger partial charge in [0.2, 0.25) is 11.7 Å². The van der Waals surface area contributed by atoms with Crippen LogP contribution in [0.2, 0.25) is 0 Å². The lowest BCUT2D eigenvalue weighted by atomic mass is 10.1. The van der Waals surface area contributed by atoms with Crippen molar-refractivity contribution in [2.45, 2.75) is 32.4 Å². The van der Waals surface area contributed by atoms with E-state index in [1.165, 1.54) is 13.3 Å². The predicted molar refractivity (Wildman–Crippen MR) is 99.1 cm³/mol. The summed E-state index contributed by atoms with van der Waals surface area (Å²) in [5, 5.41) is 10.1. The number of oxazole rings is 1. The van der Waals surface area contributed by atoms with E-state index < -0.39 is 0 Å². The van der Waals surface area contributed by atoms with Crippen LogP contribution < -0.4 is 5.32 Å². The molecular weight excluding hydrogens is 360 g/mol. The number of carbonyl (C=O) groups excluding carboxylic acids is 2. The Balaban J connectivity index is 1.64. The van der Waals surface area contributed by atoms with E-state index in [0.29, 0.717) is 30.3 Å². The van der Waals surface area contributed by atoms with Crippen molar-refractivity contribution in [1.82, 2.24) is 30.4 Å². The van der Waals surface area contributed by atoms with Gasteiger partial charge in [0.15, 0.2) is 12.2 Å². The molecule has 0 unspecified atom stereocenters. The molecule has 1 aliphatic rings. The first kappa shape index (κ1) is 17.9. The lowest BCUT2D eigenvalue weighted by molar-refractivity contribution is -0.119. The largest absolute Gasteiger partial charge is 0.438 e. The first-order chi connectivity index (χ1) is 13.5. The molecule has 0 bridgehead atoms. The van der Waals surface area contributed by atoms with E-state index in [2.05, 4.69) is 25.5 Å². The summed E-state index contributed by atoms with van der Waals surface area (Å²) in [7, 11) is 0. The number of hydrogen-bond donors (Lipinski definition) is 2. The second-order valence-corrected chi connectivity index (χ2v) is 6.78. The Bertz CT molecular complexity index is 996. The third kappa shape index (κ3) is 3.38. The highest BCUT2D eigenvalue weighted by Gasteiger charge is 2.40. The maximum Gasteiger partial charge on any atom is 0.292 e. The van der Waals surface area contributed by atoms with E-state index in [4.69, 9.17) is 4.42 Å². The molecule has 1 fully saturated rings. The molecule has 2 amide bonds. The number of likely N-dealkylation sites (tertiary alicyclic amines) is 1. The van der Waals surface area contributed by atoms with Crippen LogP contribution >= 0.6 is 0 Å². The maximum atomic E-state index is 13.0. The van der Waals surface area contributed by atoms with Crippen molar-refractivity contribution in [3.63, 3.8) is 0 Å². The smallest absolute Gasteiger partial charge is 0.292 e. The summed E-state index contributed by atoms with van der Waals surface area (Å²) >= 11 is 0. The standard InChI is InChI=1S/C19H20N6O3/c1-11-16(28-10-20-11)19(27)25-9-14(21-12(2)26)8-15(25)18-22-17(23-24-18)13-6-4-3-5-7-13/h3-7,10,14-15H,8-9H2,1-2H3,(H,21,26)(H,22,23,24)/t14-,15-/m0/s1. The van der Waals surface area contributed by atoms with Gasteiger partial charge in [0.05, 0.1) is 11.7 Å². The van der Waals surface area contributed by atoms with Crippen molar-refractivity contribution < 1.29 is 14.0 Å². The normalized spacial score (nSPS) is 19.0. The minimum absolute atomic E-state index is 0.142. The number of nitrogens with one attached hydrogen (secondary N) is 2. The van der Waals surface area contributed by atoms with Crippen molar-refractivity contribution in [2.24, 2.45) is 0 Å². The molecule has 1 saturated heterocycles. The van der Waals surface area contributed by atoms with Crippen molar-refractivity contribution in [2.75, 3.05) is 6.54 Å². The van der Waals surface area contributed by atoms with Crippen LogP contribution in [0, 0.1) is 6.92 Å². The first-order valence-electron chi connectivity index (χ1n) is 8.99. The third-order valence-corrected chi connectivity index (χ3v) is 4.76. The Morgan fingerprint density at radius 3 is 2.75 bits per heavy atom. The zero-order valence-corrected chi connectivity index (χ0v) is 15.5. The van der Waals surface area contributed by atoms with Gasteiger partial charge in [-0.05, 0) is 13.3 Å². The fourth-order valence-electron chi connectivity index (χ4n) is 3.49. The van der Waals surface area contributed by atoms with Crippen molar-refractivity contribution in [3.8, 4) is 11.4 Å². The fraction of sp³-hybridized carbons (Fsp3) is 0.316. The van der Waals surface area contributed by atoms with Gasteiger partial charge in [-0.2, -0.15) is 5.10 Å². The summed E-state index contributed by atoms with van der Waals surface area (Å²) in [5.74, 6) is 0.886. The van der Waals surface area contributed by atoms with Gasteiger partial charge in [0.1, 0.15) is 5.82 Å². The highest BCUT2D eigenvalue weighted by molar-refractivity contribution is 5.93. The summed E-state index contributed by atoms with van der Waals surface area (Å²) < 4.78 is 5.28. The third-order valence-electron chi connectivity index (χ3n) is 4.76. The number of benzene rings is 1. The lowest BCUT2D eigenvalue weighted by Crippen LogP contribution is -2.37. The molecule has 9 heteroatoms. The predicted octanol–water partition coefficient (Wildman–Crippen LogP) is 1.86. The number of H-pyrrole nitrogens is 1. The quantitative estimate of drug-likeness (QED) is 0.713. The van der Waals surface area contributed by atoms with Gasteiger partial charge < -0.3 is 14.6 Å². The van der Waals surface area contributed by atoms with Crippen LogP contribution in [0.3, 0.4) is 0 Å². The zero-order valence-electron chi connectivity index (χ0n) is 15.5. The summed E-state index contributed by atoms with van der Waals surface area (Å²) in [6.45, 7) is 3.53. The molecule has 1 aromatic carbocycles. The van der Waals surface area contributed by atoms with Crippen LogP contribution in [0.1, 0.15) is 41.5 Å². The monoisotopic (exact) mass is 380 g/mol. The topological polar surface area (TPSA) is 117 Å². The fourth-order valence-corrected chi connectivity index (χ4v) is 3.49. The zero-order chi connectivity index (χ0) is 19.7. The maximum absolute atomic E-state index is 13.0. The van der Waals surface area contributed by atoms with E-state index in [9.17, 15) is 9.59 Å². The molecule has 3 heterocycles. The molecule has 4 rings (SSSR count). The summed E-state index contributed by atoms with van der Waals surface area (Å²) in [4.78, 5) is 34.8. The summed E-state index contributed by atoms with van der Waals surface area (Å²) in [5.41, 5.74) is 1.40. The second-order valence-electron chi connectivity index (χ2n) is 6.78. The summed E-state index contributed by atoms with van der Waals surface area (Å²) in [6, 6.07) is 9.04. The first-order valence-corrected chi connectivity index (χ1v) is 8.99. The Kier molecular flexibility index (Phi) is 4.64. The minimum atomic E-state index is -0.362. The number of aromatic nitrogens is 4. The number of rotatable bonds is 4. The molecule has 144 valence electrons. The van der Waals surface area contributed by atoms with Gasteiger partial charge in [-0.15, -0.1) is 0 Å². The van der Waals surface area contributed by atoms with Gasteiger partial charge in [0.25, 0.3) is 5.91 Å². The molecular formula is C19H20N6O3. The number of aromatic amines is 1. The Morgan fingerprint density at radius 2 is 2.07 bits per heavy atom. The SMILES string of the molecule is CC(=O)N[C@H]1C[C@@H](c2nc(-c3ccccc3)n[nH]2)N(C(=O)c2ocnc2C)C1. The molecule has 2 aromatic heterocycles. The average molecular weight is 380 g/mol. The van der Waals surface area contributed by atoms with E-state index in [-0.39, 0.29) is 29.7 Å². The number of aryl methyl sites for hydroxylation is 1. The summed E-state index contributed by atoms with van der Waals surface area (Å²) in [6.07, 6.45) is 1.78. The van der Waals surface area contributed by atoms with E-state index in [1.54, 1.807) is 11.8 Å². The van der Waals surface area contributed by atoms with Crippen molar-refractivity contribution in [3.05, 3.63) is 54.0 Å². The van der Waals surface area contributed by atoms with E-state index in [1.807, 2.05) is 30.3 Å². The van der Waals surface area contributed by atoms with Gasteiger partial charge in [-0.25, -0.2) is 9.97 Å². The number of nitrogens with zero attached hydrogens (tertiary/aromatic N) is 4. The van der Waals surface area contributed by atoms with Crippen LogP contribution in [-0.4, -0.2) is 49.5 Å². The Morgan fingerprint density at radius 1 is 1.29 bits per heavy atom. The highest BCUT2D eigenvalue weighted by atomic mass is 16.3. The van der Waals surface area contributed by atoms with Crippen LogP contribution in [-0.2, 0) is 4.79 Å². The molecule has 0 radical (unpaired) electrons. The Hall–Kier alpha value is -3.49. The number of hydrogen-bond acceptors (Lipinski definition) is 6. The number of carbonyl (C=O) groups is 2. The van der Waals surface area contributed by atoms with Crippen LogP contribution in [0.5, 0.6) is 0 Å². The van der Waals surface area contributed by atoms with Gasteiger partial charge >= 0.3 is 0 Å². The molecule has 9 nitrogen and oxygen atoms in total. The molecule has 2 atom stereocenters. The van der Waals surface area contributed by atoms with E-state index >= 15 is 0 Å². The molecule has 0 aliphatic carbocycles. The van der Waals surface area contributed by atoms with Crippen LogP contribution in [0.15, 0.2) is 41.1 Å². The van der Waals surface area contributed by atoms with Gasteiger partial charge in [-0.1, -0.05) is 30.3 Å². The molecule has 0 spiro atoms. The molecule has 1 aliphatic heterocycles. The number of amides is 2. The van der Waals surface area contributed by atoms with Crippen molar-refractivity contribution >= 4 is 11.8 Å². The van der Waals surface area contributed by atoms with Gasteiger partial charge in [0, 0.05) is 25.1 Å². The molecule has 0 saturated carbocycles. The van der Waals surface area contributed by atoms with E-state index in [0.717, 1.165) is 5.56 Å². The van der Waals surface area contributed by atoms with Gasteiger partial charge in [-0.3, -0.25) is 14.7 Å².